The van der Waals surface area contributed by atoms with Crippen molar-refractivity contribution in [2.24, 2.45) is 0 Å². The molecule has 0 aliphatic carbocycles. The van der Waals surface area contributed by atoms with Crippen LogP contribution in [-0.4, -0.2) is 105 Å². The molecule has 598 valence electrons. The van der Waals surface area contributed by atoms with Gasteiger partial charge in [-0.3, -0.25) is 24.9 Å². The van der Waals surface area contributed by atoms with Gasteiger partial charge in [0, 0.05) is 137 Å². The van der Waals surface area contributed by atoms with Crippen molar-refractivity contribution in [2.45, 2.75) is 276 Å². The highest BCUT2D eigenvalue weighted by Gasteiger charge is 2.19. The van der Waals surface area contributed by atoms with E-state index in [-0.39, 0.29) is 50.7 Å². The smallest absolute Gasteiger partial charge is 0.137 e. The average molecular weight is 1510 g/mol. The lowest BCUT2D eigenvalue weighted by Gasteiger charge is -2.17. The normalized spacial score (nSPS) is 11.1. The molecule has 0 aliphatic heterocycles. The number of aromatic nitrogens is 21. The molecule has 1 aromatic carbocycles. The van der Waals surface area contributed by atoms with E-state index in [0.717, 1.165) is 45.5 Å². The minimum absolute atomic E-state index is 0. The van der Waals surface area contributed by atoms with Gasteiger partial charge in [-0.25, -0.2) is 49.5 Å². The third-order valence-electron chi connectivity index (χ3n) is 15.3. The van der Waals surface area contributed by atoms with Crippen LogP contribution >= 0.6 is 0 Å². The fraction of sp³-hybridized carbons (Fsp3) is 0.467. The number of benzene rings is 1. The first-order valence-electron chi connectivity index (χ1n) is 37.5. The Balaban J connectivity index is 0.000000610. The van der Waals surface area contributed by atoms with E-state index in [1.165, 1.54) is 34.9 Å². The van der Waals surface area contributed by atoms with Crippen molar-refractivity contribution in [1.82, 2.24) is 105 Å². The molecule has 11 heterocycles. The molecule has 0 atom stereocenters. The molecule has 0 saturated carbocycles. The van der Waals surface area contributed by atoms with Gasteiger partial charge in [-0.05, 0) is 137 Å². The molecule has 21 nitrogen and oxygen atoms in total. The van der Waals surface area contributed by atoms with Crippen molar-refractivity contribution in [3.63, 3.8) is 0 Å². The zero-order chi connectivity index (χ0) is 82.8. The molecule has 0 spiro atoms. The van der Waals surface area contributed by atoms with E-state index in [2.05, 4.69) is 332 Å². The summed E-state index contributed by atoms with van der Waals surface area (Å²) in [5, 5.41) is 23.2. The van der Waals surface area contributed by atoms with E-state index < -0.39 is 0 Å². The quantitative estimate of drug-likeness (QED) is 0.159. The Labute approximate surface area is 667 Å². The number of fused-ring (bicyclic) bond motifs is 1. The van der Waals surface area contributed by atoms with E-state index in [4.69, 9.17) is 0 Å². The lowest BCUT2D eigenvalue weighted by Crippen LogP contribution is -2.15. The molecule has 0 amide bonds. The summed E-state index contributed by atoms with van der Waals surface area (Å²) in [5.41, 5.74) is 12.6. The van der Waals surface area contributed by atoms with Gasteiger partial charge in [-0.15, -0.1) is 5.10 Å². The Kier molecular flexibility index (Phi) is 42.9. The summed E-state index contributed by atoms with van der Waals surface area (Å²) in [4.78, 5) is 56.4. The molecule has 111 heavy (non-hydrogen) atoms. The van der Waals surface area contributed by atoms with Gasteiger partial charge in [0.25, 0.3) is 0 Å². The molecule has 21 heteroatoms. The van der Waals surface area contributed by atoms with E-state index in [1.807, 2.05) is 115 Å². The van der Waals surface area contributed by atoms with Gasteiger partial charge in [-0.2, -0.15) is 20.4 Å². The minimum Gasteiger partial charge on any atom is -0.265 e. The Bertz CT molecular complexity index is 3600. The first-order valence-corrected chi connectivity index (χ1v) is 37.5. The first-order chi connectivity index (χ1) is 51.2. The van der Waals surface area contributed by atoms with E-state index in [1.54, 1.807) is 74.6 Å². The molecule has 12 aromatic rings. The van der Waals surface area contributed by atoms with Crippen LogP contribution in [0.4, 0.5) is 0 Å². The zero-order valence-corrected chi connectivity index (χ0v) is 71.9. The van der Waals surface area contributed by atoms with Crippen molar-refractivity contribution >= 4 is 11.0 Å². The lowest BCUT2D eigenvalue weighted by molar-refractivity contribution is 0.530. The number of nitrogens with zero attached hydrogens (tertiary/aromatic N) is 21. The van der Waals surface area contributed by atoms with Crippen LogP contribution in [0, 0.1) is 0 Å². The van der Waals surface area contributed by atoms with Gasteiger partial charge in [0.15, 0.2) is 0 Å². The average Bonchev–Trinajstić information content (AvgIpc) is 1.79. The molecule has 0 radical (unpaired) electrons. The second-order valence-corrected chi connectivity index (χ2v) is 34.8. The zero-order valence-electron chi connectivity index (χ0n) is 71.9. The van der Waals surface area contributed by atoms with Gasteiger partial charge in [0.05, 0.1) is 23.1 Å². The van der Waals surface area contributed by atoms with Crippen LogP contribution in [0.5, 0.6) is 0 Å². The number of pyridine rings is 3. The van der Waals surface area contributed by atoms with E-state index in [9.17, 15) is 0 Å². The predicted octanol–water partition coefficient (Wildman–Crippen LogP) is 21.3. The third-order valence-corrected chi connectivity index (χ3v) is 15.3. The molecule has 11 aromatic heterocycles. The lowest BCUT2D eigenvalue weighted by atomic mass is 9.88. The summed E-state index contributed by atoms with van der Waals surface area (Å²) in [6.07, 6.45) is 34.8. The van der Waals surface area contributed by atoms with Crippen LogP contribution in [0.1, 0.15) is 290 Å². The van der Waals surface area contributed by atoms with Crippen LogP contribution in [0.2, 0.25) is 0 Å². The highest BCUT2D eigenvalue weighted by Crippen LogP contribution is 2.25. The summed E-state index contributed by atoms with van der Waals surface area (Å²) in [6, 6.07) is 32.2. The Morgan fingerprint density at radius 3 is 1.14 bits per heavy atom. The fourth-order valence-electron chi connectivity index (χ4n) is 8.42. The minimum atomic E-state index is 0. The van der Waals surface area contributed by atoms with Crippen molar-refractivity contribution < 1.29 is 0 Å². The van der Waals surface area contributed by atoms with Gasteiger partial charge in [0.2, 0.25) is 0 Å². The Morgan fingerprint density at radius 2 is 0.784 bits per heavy atom. The number of rotatable bonds is 3. The fourth-order valence-corrected chi connectivity index (χ4v) is 8.42. The van der Waals surface area contributed by atoms with Gasteiger partial charge in [-0.1, -0.05) is 231 Å². The highest BCUT2D eigenvalue weighted by molar-refractivity contribution is 5.73. The maximum Gasteiger partial charge on any atom is 0.137 e. The number of para-hydroxylation sites is 1. The van der Waals surface area contributed by atoms with Crippen molar-refractivity contribution in [2.75, 3.05) is 0 Å². The van der Waals surface area contributed by atoms with Crippen molar-refractivity contribution in [3.8, 4) is 0 Å². The van der Waals surface area contributed by atoms with Gasteiger partial charge in [0.1, 0.15) is 42.5 Å². The van der Waals surface area contributed by atoms with E-state index >= 15 is 0 Å². The molecule has 0 aliphatic rings. The molecule has 0 N–H and O–H groups in total. The maximum atomic E-state index is 4.25. The van der Waals surface area contributed by atoms with Crippen LogP contribution in [-0.2, 0) is 43.3 Å². The van der Waals surface area contributed by atoms with Crippen LogP contribution in [0.15, 0.2) is 222 Å². The van der Waals surface area contributed by atoms with Crippen molar-refractivity contribution in [1.29, 1.82) is 0 Å². The van der Waals surface area contributed by atoms with Gasteiger partial charge >= 0.3 is 0 Å². The Hall–Kier alpha value is -10.4. The molecule has 0 fully saturated rings. The SMILES string of the molecule is C.CC(C)(C)c1ccccn1.CC(C)(C)c1cccnc1.CC(C)(C)c1ccncc1.CC(C)(C)c1ccncn1.CC(C)(C)c1cnccn1.CC(C)(C)c1cncnc1.CC(C)(C)c1ncccn1.CC(C)(C)c1ncncn1.CC(C)c1cccnn1.CC(C)c1ccnnc1.CC(C)n1nnc2ccccc21. The molecule has 0 bridgehead atoms. The standard InChI is InChI=1S/C9H11N3.3C9H13N.4C8H12N2.C7H11N3.2C7H10N2.CH4/c1-7(2)12-9-6-4-3-5-8(9)10-11-12;1-9(2,3)8-4-6-10-7-5-8;1-9(2,3)8-5-4-6-10-7-8;1-9(2,3)8-6-4-5-7-10-8;1-8(2,3)7-4-9-6-10-5-7;1-8(2,3)7-6-9-4-5-10-7;1-8(2,3)7-4-5-9-6-10-7;1-8(2,3)7-9-5-4-6-10-7;1-7(2,3)6-9-4-8-5-10-6;1-6(2)7-3-4-8-9-5-7;1-6(2)7-4-3-5-8-9-7;/h3-7H,1-2H3;3*4-7H,1-3H3;4*4-6H,1-3H3;4-5H,1-3H3;2*3-6H,1-2H3;1H4. The van der Waals surface area contributed by atoms with E-state index in [0.29, 0.717) is 17.9 Å². The van der Waals surface area contributed by atoms with Crippen LogP contribution in [0.25, 0.3) is 11.0 Å². The van der Waals surface area contributed by atoms with Gasteiger partial charge < -0.3 is 0 Å². The van der Waals surface area contributed by atoms with Crippen LogP contribution in [0.3, 0.4) is 0 Å². The summed E-state index contributed by atoms with van der Waals surface area (Å²) < 4.78 is 1.93. The first kappa shape index (κ1) is 98.6. The summed E-state index contributed by atoms with van der Waals surface area (Å²) in [6.45, 7) is 64.0. The topological polar surface area (TPSA) is 263 Å². The number of hydrogen-bond acceptors (Lipinski definition) is 20. The monoisotopic (exact) mass is 1510 g/mol. The molecular formula is C90H133N21. The van der Waals surface area contributed by atoms with Crippen LogP contribution < -0.4 is 0 Å². The number of hydrogen-bond donors (Lipinski definition) is 0. The highest BCUT2D eigenvalue weighted by atomic mass is 15.4. The maximum absolute atomic E-state index is 4.25. The molecule has 0 saturated heterocycles. The molecular weight excluding hydrogens is 1380 g/mol. The molecule has 0 unspecified atom stereocenters. The van der Waals surface area contributed by atoms with Crippen molar-refractivity contribution in [3.05, 3.63) is 278 Å². The largest absolute Gasteiger partial charge is 0.265 e. The second-order valence-electron chi connectivity index (χ2n) is 34.8. The Morgan fingerprint density at radius 1 is 0.279 bits per heavy atom. The predicted molar refractivity (Wildman–Crippen MR) is 457 cm³/mol. The summed E-state index contributed by atoms with van der Waals surface area (Å²) >= 11 is 0. The summed E-state index contributed by atoms with van der Waals surface area (Å²) in [5.74, 6) is 2.77. The molecule has 12 rings (SSSR count). The second kappa shape index (κ2) is 48.3. The summed E-state index contributed by atoms with van der Waals surface area (Å²) in [7, 11) is 0. The third kappa shape index (κ3) is 42.4.